The summed E-state index contributed by atoms with van der Waals surface area (Å²) >= 11 is 13.0. The molecule has 3 heterocycles. The lowest BCUT2D eigenvalue weighted by Gasteiger charge is -2.37. The number of hydrogen-bond donors (Lipinski definition) is 1. The zero-order valence-electron chi connectivity index (χ0n) is 15.5. The van der Waals surface area contributed by atoms with Crippen LogP contribution in [-0.2, 0) is 6.42 Å². The van der Waals surface area contributed by atoms with Gasteiger partial charge in [-0.15, -0.1) is 0 Å². The lowest BCUT2D eigenvalue weighted by atomic mass is 9.86. The van der Waals surface area contributed by atoms with E-state index < -0.39 is 6.09 Å². The minimum atomic E-state index is -0.823. The van der Waals surface area contributed by atoms with Gasteiger partial charge in [-0.3, -0.25) is 0 Å². The zero-order chi connectivity index (χ0) is 19.4. The standard InChI is InChI=1S/C22H22Cl2N2O2/c23-17-5-3-6-18(24)20(17)14-10-13-4-1-2-8-26-19-7-9-25(22(27)28)12-16(19)15(11-14)21(13)26/h3,5-6,10-11,16,19H,1-2,4,7-9,12H2,(H,27,28)/t16-,19-/m0/s1. The molecule has 2 aromatic carbocycles. The summed E-state index contributed by atoms with van der Waals surface area (Å²) in [6.45, 7) is 2.22. The van der Waals surface area contributed by atoms with Gasteiger partial charge in [0.15, 0.2) is 0 Å². The van der Waals surface area contributed by atoms with Crippen molar-refractivity contribution < 1.29 is 9.90 Å². The second-order valence-corrected chi connectivity index (χ2v) is 8.83. The Labute approximate surface area is 174 Å². The summed E-state index contributed by atoms with van der Waals surface area (Å²) in [5.41, 5.74) is 5.86. The van der Waals surface area contributed by atoms with Crippen LogP contribution in [0.3, 0.4) is 0 Å². The zero-order valence-corrected chi connectivity index (χ0v) is 17.0. The predicted octanol–water partition coefficient (Wildman–Crippen LogP) is 5.65. The maximum Gasteiger partial charge on any atom is 0.407 e. The molecular formula is C22H22Cl2N2O2. The molecule has 3 aliphatic rings. The number of likely N-dealkylation sites (tertiary alicyclic amines) is 1. The summed E-state index contributed by atoms with van der Waals surface area (Å²) in [7, 11) is 0. The van der Waals surface area contributed by atoms with Gasteiger partial charge in [-0.05, 0) is 66.6 Å². The number of amides is 1. The highest BCUT2D eigenvalue weighted by Crippen LogP contribution is 2.50. The van der Waals surface area contributed by atoms with Crippen LogP contribution in [0.15, 0.2) is 30.3 Å². The molecule has 3 aliphatic heterocycles. The van der Waals surface area contributed by atoms with Crippen LogP contribution in [0.1, 0.15) is 36.3 Å². The highest BCUT2D eigenvalue weighted by molar-refractivity contribution is 6.39. The summed E-state index contributed by atoms with van der Waals surface area (Å²) in [4.78, 5) is 15.7. The quantitative estimate of drug-likeness (QED) is 0.652. The number of rotatable bonds is 1. The van der Waals surface area contributed by atoms with Gasteiger partial charge < -0.3 is 14.9 Å². The summed E-state index contributed by atoms with van der Waals surface area (Å²) in [5, 5.41) is 10.8. The van der Waals surface area contributed by atoms with Gasteiger partial charge in [0.1, 0.15) is 0 Å². The molecule has 0 radical (unpaired) electrons. The van der Waals surface area contributed by atoms with Crippen LogP contribution in [0.25, 0.3) is 11.1 Å². The first-order valence-electron chi connectivity index (χ1n) is 9.90. The first-order valence-corrected chi connectivity index (χ1v) is 10.7. The predicted molar refractivity (Wildman–Crippen MR) is 113 cm³/mol. The van der Waals surface area contributed by atoms with Crippen molar-refractivity contribution in [1.29, 1.82) is 0 Å². The highest BCUT2D eigenvalue weighted by atomic mass is 35.5. The third-order valence-electron chi connectivity index (χ3n) is 6.50. The Hall–Kier alpha value is -1.91. The van der Waals surface area contributed by atoms with E-state index in [2.05, 4.69) is 17.0 Å². The van der Waals surface area contributed by atoms with E-state index in [4.69, 9.17) is 23.2 Å². The number of halogens is 2. The third-order valence-corrected chi connectivity index (χ3v) is 7.13. The molecule has 0 bridgehead atoms. The van der Waals surface area contributed by atoms with Crippen molar-refractivity contribution in [3.05, 3.63) is 51.5 Å². The fraction of sp³-hybridized carbons (Fsp3) is 0.409. The Morgan fingerprint density at radius 1 is 1.11 bits per heavy atom. The van der Waals surface area contributed by atoms with Crippen LogP contribution in [0.2, 0.25) is 10.0 Å². The van der Waals surface area contributed by atoms with Gasteiger partial charge in [-0.25, -0.2) is 4.79 Å². The molecule has 2 atom stereocenters. The molecule has 0 unspecified atom stereocenters. The molecule has 28 heavy (non-hydrogen) atoms. The van der Waals surface area contributed by atoms with Crippen molar-refractivity contribution in [3.8, 4) is 11.1 Å². The minimum Gasteiger partial charge on any atom is -0.465 e. The highest BCUT2D eigenvalue weighted by Gasteiger charge is 2.44. The lowest BCUT2D eigenvalue weighted by Crippen LogP contribution is -2.48. The fourth-order valence-electron chi connectivity index (χ4n) is 5.29. The largest absolute Gasteiger partial charge is 0.465 e. The normalized spacial score (nSPS) is 23.2. The summed E-state index contributed by atoms with van der Waals surface area (Å²) in [6, 6.07) is 10.4. The van der Waals surface area contributed by atoms with E-state index in [-0.39, 0.29) is 5.92 Å². The third kappa shape index (κ3) is 2.77. The summed E-state index contributed by atoms with van der Waals surface area (Å²) in [6.07, 6.45) is 3.43. The average molecular weight is 417 g/mol. The number of carboxylic acid groups (broad SMARTS) is 1. The van der Waals surface area contributed by atoms with Crippen molar-refractivity contribution in [3.63, 3.8) is 0 Å². The number of hydrogen-bond acceptors (Lipinski definition) is 2. The number of fused-ring (bicyclic) bond motifs is 3. The number of nitrogens with zero attached hydrogens (tertiary/aromatic N) is 2. The molecule has 0 aromatic heterocycles. The maximum absolute atomic E-state index is 11.6. The Bertz CT molecular complexity index is 942. The van der Waals surface area contributed by atoms with Crippen LogP contribution in [-0.4, -0.2) is 41.8 Å². The molecule has 0 aliphatic carbocycles. The molecule has 0 saturated carbocycles. The number of anilines is 1. The van der Waals surface area contributed by atoms with E-state index in [9.17, 15) is 9.90 Å². The van der Waals surface area contributed by atoms with E-state index in [0.29, 0.717) is 29.2 Å². The van der Waals surface area contributed by atoms with Crippen molar-refractivity contribution in [2.45, 2.75) is 37.6 Å². The van der Waals surface area contributed by atoms with Crippen molar-refractivity contribution >= 4 is 35.0 Å². The number of benzene rings is 2. The van der Waals surface area contributed by atoms with E-state index in [1.54, 1.807) is 4.90 Å². The smallest absolute Gasteiger partial charge is 0.407 e. The average Bonchev–Trinajstić information content (AvgIpc) is 2.82. The van der Waals surface area contributed by atoms with E-state index in [0.717, 1.165) is 30.5 Å². The van der Waals surface area contributed by atoms with Gasteiger partial charge >= 0.3 is 6.09 Å². The van der Waals surface area contributed by atoms with E-state index in [1.807, 2.05) is 18.2 Å². The SMILES string of the molecule is O=C(O)N1CC[C@H]2[C@@H](C1)c1cc(-c3c(Cl)cccc3Cl)cc3c1N2CCCC3. The molecular weight excluding hydrogens is 395 g/mol. The first kappa shape index (κ1) is 18.1. The molecule has 0 spiro atoms. The lowest BCUT2D eigenvalue weighted by molar-refractivity contribution is 0.127. The molecule has 1 saturated heterocycles. The molecule has 1 amide bonds. The number of carbonyl (C=O) groups is 1. The second kappa shape index (κ2) is 6.85. The maximum atomic E-state index is 11.6. The minimum absolute atomic E-state index is 0.206. The van der Waals surface area contributed by atoms with Crippen LogP contribution < -0.4 is 4.90 Å². The van der Waals surface area contributed by atoms with Crippen LogP contribution >= 0.6 is 23.2 Å². The van der Waals surface area contributed by atoms with Gasteiger partial charge in [0, 0.05) is 52.9 Å². The van der Waals surface area contributed by atoms with Gasteiger partial charge in [0.25, 0.3) is 0 Å². The molecule has 1 fully saturated rings. The molecule has 5 rings (SSSR count). The fourth-order valence-corrected chi connectivity index (χ4v) is 5.91. The summed E-state index contributed by atoms with van der Waals surface area (Å²) in [5.74, 6) is 0.206. The molecule has 2 aromatic rings. The van der Waals surface area contributed by atoms with Gasteiger partial charge in [-0.2, -0.15) is 0 Å². The number of piperidine rings is 1. The summed E-state index contributed by atoms with van der Waals surface area (Å²) < 4.78 is 0. The molecule has 146 valence electrons. The Kier molecular flexibility index (Phi) is 4.44. The first-order chi connectivity index (χ1) is 13.5. The molecule has 1 N–H and O–H groups in total. The van der Waals surface area contributed by atoms with Crippen LogP contribution in [0.4, 0.5) is 10.5 Å². The van der Waals surface area contributed by atoms with Crippen LogP contribution in [0.5, 0.6) is 0 Å². The van der Waals surface area contributed by atoms with Gasteiger partial charge in [0.05, 0.1) is 0 Å². The van der Waals surface area contributed by atoms with Crippen molar-refractivity contribution in [1.82, 2.24) is 4.90 Å². The molecule has 6 heteroatoms. The Morgan fingerprint density at radius 2 is 1.89 bits per heavy atom. The monoisotopic (exact) mass is 416 g/mol. The van der Waals surface area contributed by atoms with Crippen molar-refractivity contribution in [2.75, 3.05) is 24.5 Å². The van der Waals surface area contributed by atoms with Gasteiger partial charge in [0.2, 0.25) is 0 Å². The second-order valence-electron chi connectivity index (χ2n) is 8.01. The van der Waals surface area contributed by atoms with E-state index >= 15 is 0 Å². The molecule has 4 nitrogen and oxygen atoms in total. The van der Waals surface area contributed by atoms with Crippen molar-refractivity contribution in [2.24, 2.45) is 0 Å². The van der Waals surface area contributed by atoms with E-state index in [1.165, 1.54) is 29.7 Å². The van der Waals surface area contributed by atoms with Gasteiger partial charge in [-0.1, -0.05) is 29.3 Å². The van der Waals surface area contributed by atoms with Crippen LogP contribution in [0, 0.1) is 0 Å². The topological polar surface area (TPSA) is 43.8 Å². The Morgan fingerprint density at radius 3 is 2.64 bits per heavy atom. The number of aryl methyl sites for hydroxylation is 1. The Balaban J connectivity index is 1.68.